The second kappa shape index (κ2) is 9.58. The minimum Gasteiger partial charge on any atom is -0.497 e. The minimum atomic E-state index is -0.996. The molecule has 0 aliphatic rings. The van der Waals surface area contributed by atoms with E-state index in [9.17, 15) is 4.79 Å². The maximum absolute atomic E-state index is 10.9. The Morgan fingerprint density at radius 2 is 1.76 bits per heavy atom. The first-order chi connectivity index (χ1) is 11.9. The summed E-state index contributed by atoms with van der Waals surface area (Å²) in [5.41, 5.74) is 7.68. The molecule has 25 heavy (non-hydrogen) atoms. The quantitative estimate of drug-likeness (QED) is 0.478. The molecule has 0 saturated carbocycles. The monoisotopic (exact) mass is 567 g/mol. The Balaban J connectivity index is 1.98. The molecule has 0 amide bonds. The van der Waals surface area contributed by atoms with Gasteiger partial charge >= 0.3 is 5.97 Å². The largest absolute Gasteiger partial charge is 0.497 e. The zero-order valence-corrected chi connectivity index (χ0v) is 18.0. The summed E-state index contributed by atoms with van der Waals surface area (Å²) in [6.07, 6.45) is 1.09. The summed E-state index contributed by atoms with van der Waals surface area (Å²) >= 11 is 4.41. The Morgan fingerprint density at radius 1 is 1.16 bits per heavy atom. The fourth-order valence-corrected chi connectivity index (χ4v) is 4.48. The SMILES string of the molecule is COc1ccc(CCOc2c(I)cc(C[C@H](N)C(=O)O)cc2I)cc1. The molecule has 2 aromatic rings. The van der Waals surface area contributed by atoms with Crippen molar-refractivity contribution in [2.45, 2.75) is 18.9 Å². The molecular formula is C18H19I2NO4. The van der Waals surface area contributed by atoms with Crippen LogP contribution in [0.4, 0.5) is 0 Å². The lowest BCUT2D eigenvalue weighted by atomic mass is 10.1. The topological polar surface area (TPSA) is 81.8 Å². The number of methoxy groups -OCH3 is 1. The van der Waals surface area contributed by atoms with Crippen molar-refractivity contribution in [2.75, 3.05) is 13.7 Å². The van der Waals surface area contributed by atoms with Crippen LogP contribution in [0.3, 0.4) is 0 Å². The van der Waals surface area contributed by atoms with Crippen LogP contribution in [0.1, 0.15) is 11.1 Å². The summed E-state index contributed by atoms with van der Waals surface area (Å²) in [5, 5.41) is 8.93. The van der Waals surface area contributed by atoms with Gasteiger partial charge in [0.1, 0.15) is 17.5 Å². The second-order valence-corrected chi connectivity index (χ2v) is 7.81. The van der Waals surface area contributed by atoms with Gasteiger partial charge in [-0.25, -0.2) is 0 Å². The van der Waals surface area contributed by atoms with E-state index in [-0.39, 0.29) is 0 Å². The van der Waals surface area contributed by atoms with Gasteiger partial charge in [0.15, 0.2) is 0 Å². The first-order valence-corrected chi connectivity index (χ1v) is 9.78. The summed E-state index contributed by atoms with van der Waals surface area (Å²) in [7, 11) is 1.65. The van der Waals surface area contributed by atoms with E-state index in [0.717, 1.165) is 30.6 Å². The number of carboxylic acid groups (broad SMARTS) is 1. The van der Waals surface area contributed by atoms with E-state index < -0.39 is 12.0 Å². The summed E-state index contributed by atoms with van der Waals surface area (Å²) in [6.45, 7) is 0.562. The average molecular weight is 567 g/mol. The van der Waals surface area contributed by atoms with Gasteiger partial charge in [-0.3, -0.25) is 4.79 Å². The van der Waals surface area contributed by atoms with Gasteiger partial charge in [-0.2, -0.15) is 0 Å². The van der Waals surface area contributed by atoms with E-state index in [0.29, 0.717) is 13.0 Å². The van der Waals surface area contributed by atoms with Crippen LogP contribution in [-0.4, -0.2) is 30.8 Å². The van der Waals surface area contributed by atoms with Crippen molar-refractivity contribution in [3.05, 3.63) is 54.7 Å². The molecular weight excluding hydrogens is 548 g/mol. The maximum Gasteiger partial charge on any atom is 0.320 e. The fraction of sp³-hybridized carbons (Fsp3) is 0.278. The molecule has 7 heteroatoms. The van der Waals surface area contributed by atoms with Crippen LogP contribution in [-0.2, 0) is 17.6 Å². The van der Waals surface area contributed by atoms with E-state index in [1.165, 1.54) is 5.56 Å². The zero-order chi connectivity index (χ0) is 18.4. The summed E-state index contributed by atoms with van der Waals surface area (Å²) in [4.78, 5) is 10.9. The number of aliphatic carboxylic acids is 1. The third-order valence-electron chi connectivity index (χ3n) is 3.63. The van der Waals surface area contributed by atoms with E-state index in [2.05, 4.69) is 45.2 Å². The molecule has 0 heterocycles. The second-order valence-electron chi connectivity index (χ2n) is 5.48. The van der Waals surface area contributed by atoms with Gasteiger partial charge in [0.05, 0.1) is 20.9 Å². The van der Waals surface area contributed by atoms with E-state index in [1.807, 2.05) is 36.4 Å². The molecule has 3 N–H and O–H groups in total. The first kappa shape index (κ1) is 20.2. The van der Waals surface area contributed by atoms with Crippen molar-refractivity contribution < 1.29 is 19.4 Å². The van der Waals surface area contributed by atoms with Crippen LogP contribution in [0, 0.1) is 7.14 Å². The van der Waals surface area contributed by atoms with Crippen molar-refractivity contribution in [1.29, 1.82) is 0 Å². The molecule has 0 aliphatic carbocycles. The van der Waals surface area contributed by atoms with Crippen LogP contribution < -0.4 is 15.2 Å². The number of hydrogen-bond acceptors (Lipinski definition) is 4. The number of rotatable bonds is 8. The maximum atomic E-state index is 10.9. The molecule has 0 fully saturated rings. The molecule has 5 nitrogen and oxygen atoms in total. The molecule has 0 bridgehead atoms. The van der Waals surface area contributed by atoms with Crippen molar-refractivity contribution in [1.82, 2.24) is 0 Å². The van der Waals surface area contributed by atoms with Gasteiger partial charge in [-0.1, -0.05) is 12.1 Å². The number of ether oxygens (including phenoxy) is 2. The highest BCUT2D eigenvalue weighted by atomic mass is 127. The summed E-state index contributed by atoms with van der Waals surface area (Å²) in [5.74, 6) is 0.663. The van der Waals surface area contributed by atoms with Crippen LogP contribution in [0.5, 0.6) is 11.5 Å². The van der Waals surface area contributed by atoms with Gasteiger partial charge in [0.2, 0.25) is 0 Å². The van der Waals surface area contributed by atoms with Crippen molar-refractivity contribution in [3.8, 4) is 11.5 Å². The van der Waals surface area contributed by atoms with Crippen LogP contribution in [0.2, 0.25) is 0 Å². The molecule has 0 saturated heterocycles. The van der Waals surface area contributed by atoms with Gasteiger partial charge in [0, 0.05) is 6.42 Å². The number of carbonyl (C=O) groups is 1. The molecule has 2 rings (SSSR count). The van der Waals surface area contributed by atoms with Crippen molar-refractivity contribution in [2.24, 2.45) is 5.73 Å². The highest BCUT2D eigenvalue weighted by Gasteiger charge is 2.15. The summed E-state index contributed by atoms with van der Waals surface area (Å²) < 4.78 is 13.0. The van der Waals surface area contributed by atoms with Crippen LogP contribution in [0.15, 0.2) is 36.4 Å². The van der Waals surface area contributed by atoms with E-state index >= 15 is 0 Å². The molecule has 0 radical (unpaired) electrons. The smallest absolute Gasteiger partial charge is 0.320 e. The highest BCUT2D eigenvalue weighted by molar-refractivity contribution is 14.1. The minimum absolute atomic E-state index is 0.299. The molecule has 0 spiro atoms. The van der Waals surface area contributed by atoms with Crippen LogP contribution in [0.25, 0.3) is 0 Å². The lowest BCUT2D eigenvalue weighted by Crippen LogP contribution is -2.32. The lowest BCUT2D eigenvalue weighted by Gasteiger charge is -2.14. The fourth-order valence-electron chi connectivity index (χ4n) is 2.27. The van der Waals surface area contributed by atoms with Gasteiger partial charge in [0.25, 0.3) is 0 Å². The predicted molar refractivity (Wildman–Crippen MR) is 113 cm³/mol. The average Bonchev–Trinajstić information content (AvgIpc) is 2.57. The van der Waals surface area contributed by atoms with E-state index in [1.54, 1.807) is 7.11 Å². The Labute approximate surface area is 174 Å². The Kier molecular flexibility index (Phi) is 7.76. The molecule has 0 unspecified atom stereocenters. The number of halogens is 2. The predicted octanol–water partition coefficient (Wildman–Crippen LogP) is 3.48. The number of hydrogen-bond donors (Lipinski definition) is 2. The standard InChI is InChI=1S/C18H19I2NO4/c1-24-13-4-2-11(3-5-13)6-7-25-17-14(19)8-12(9-15(17)20)10-16(21)18(22)23/h2-5,8-9,16H,6-7,10,21H2,1H3,(H,22,23)/t16-/m0/s1. The Bertz CT molecular complexity index is 711. The normalized spacial score (nSPS) is 11.8. The van der Waals surface area contributed by atoms with Gasteiger partial charge < -0.3 is 20.3 Å². The van der Waals surface area contributed by atoms with E-state index in [4.69, 9.17) is 20.3 Å². The molecule has 0 aromatic heterocycles. The first-order valence-electron chi connectivity index (χ1n) is 7.62. The number of benzene rings is 2. The lowest BCUT2D eigenvalue weighted by molar-refractivity contribution is -0.138. The van der Waals surface area contributed by atoms with Gasteiger partial charge in [-0.05, 0) is 87.0 Å². The number of nitrogens with two attached hydrogens (primary N) is 1. The highest BCUT2D eigenvalue weighted by Crippen LogP contribution is 2.29. The van der Waals surface area contributed by atoms with Crippen molar-refractivity contribution in [3.63, 3.8) is 0 Å². The Hall–Kier alpha value is -1.07. The van der Waals surface area contributed by atoms with Crippen molar-refractivity contribution >= 4 is 51.2 Å². The molecule has 1 atom stereocenters. The van der Waals surface area contributed by atoms with Gasteiger partial charge in [-0.15, -0.1) is 0 Å². The molecule has 2 aromatic carbocycles. The zero-order valence-electron chi connectivity index (χ0n) is 13.7. The third-order valence-corrected chi connectivity index (χ3v) is 5.23. The molecule has 0 aliphatic heterocycles. The summed E-state index contributed by atoms with van der Waals surface area (Å²) in [6, 6.07) is 10.9. The molecule has 134 valence electrons. The third kappa shape index (κ3) is 6.00. The number of carboxylic acids is 1. The Morgan fingerprint density at radius 3 is 2.28 bits per heavy atom. The van der Waals surface area contributed by atoms with Crippen LogP contribution >= 0.6 is 45.2 Å².